The zero-order valence-corrected chi connectivity index (χ0v) is 17.4. The van der Waals surface area contributed by atoms with E-state index in [1.807, 2.05) is 0 Å². The Morgan fingerprint density at radius 2 is 2.14 bits per heavy atom. The average Bonchev–Trinajstić information content (AvgIpc) is 3.04. The summed E-state index contributed by atoms with van der Waals surface area (Å²) in [4.78, 5) is 33.4. The van der Waals surface area contributed by atoms with E-state index in [9.17, 15) is 9.59 Å². The van der Waals surface area contributed by atoms with Gasteiger partial charge in [-0.25, -0.2) is 9.78 Å². The molecule has 3 saturated heterocycles. The molecule has 4 heterocycles. The summed E-state index contributed by atoms with van der Waals surface area (Å²) in [7, 11) is 1.49. The zero-order valence-electron chi connectivity index (χ0n) is 16.7. The smallest absolute Gasteiger partial charge is 0.409 e. The molecule has 0 unspecified atom stereocenters. The number of rotatable bonds is 3. The van der Waals surface area contributed by atoms with Crippen molar-refractivity contribution >= 4 is 29.4 Å². The van der Waals surface area contributed by atoms with Crippen LogP contribution in [0.2, 0.25) is 5.02 Å². The lowest BCUT2D eigenvalue weighted by atomic mass is 9.78. The summed E-state index contributed by atoms with van der Waals surface area (Å²) in [6.45, 7) is 3.70. The maximum absolute atomic E-state index is 13.4. The first kappa shape index (κ1) is 20.2. The van der Waals surface area contributed by atoms with Gasteiger partial charge in [-0.3, -0.25) is 4.79 Å². The van der Waals surface area contributed by atoms with E-state index in [0.29, 0.717) is 23.4 Å². The quantitative estimate of drug-likeness (QED) is 0.805. The van der Waals surface area contributed by atoms with Crippen molar-refractivity contribution < 1.29 is 19.1 Å². The van der Waals surface area contributed by atoms with Crippen molar-refractivity contribution in [2.24, 2.45) is 5.41 Å². The van der Waals surface area contributed by atoms with Crippen molar-refractivity contribution in [2.75, 3.05) is 44.8 Å². The number of pyridine rings is 1. The zero-order chi connectivity index (χ0) is 20.4. The van der Waals surface area contributed by atoms with Gasteiger partial charge in [-0.15, -0.1) is 0 Å². The highest BCUT2D eigenvalue weighted by molar-refractivity contribution is 6.33. The Bertz CT molecular complexity index is 786. The minimum atomic E-state index is -0.572. The van der Waals surface area contributed by atoms with Gasteiger partial charge in [0.1, 0.15) is 5.82 Å². The number of halogens is 1. The van der Waals surface area contributed by atoms with E-state index in [1.165, 1.54) is 13.2 Å². The van der Waals surface area contributed by atoms with E-state index < -0.39 is 6.09 Å². The topological polar surface area (TPSA) is 84.0 Å². The van der Waals surface area contributed by atoms with E-state index in [2.05, 4.69) is 20.1 Å². The van der Waals surface area contributed by atoms with Crippen molar-refractivity contribution in [3.05, 3.63) is 17.3 Å². The standard InChI is InChI=1S/C20H27ClN4O4/c1-22-19(27)29-15-11-16(21)17(23-12-15)24-7-2-5-20(13-24)6-8-25(18(20)26)14-3-9-28-10-4-14/h11-12,14H,2-10,13H2,1H3,(H,22,27)/t20-/m1/s1. The SMILES string of the molecule is CNC(=O)Oc1cnc(N2CCC[C@@]3(CCN(C4CCOCC4)C3=O)C2)c(Cl)c1. The van der Waals surface area contributed by atoms with Crippen molar-refractivity contribution in [3.8, 4) is 5.75 Å². The third-order valence-corrected chi connectivity index (χ3v) is 6.54. The summed E-state index contributed by atoms with van der Waals surface area (Å²) < 4.78 is 10.5. The molecule has 0 saturated carbocycles. The predicted octanol–water partition coefficient (Wildman–Crippen LogP) is 2.45. The highest BCUT2D eigenvalue weighted by atomic mass is 35.5. The second-order valence-electron chi connectivity index (χ2n) is 8.01. The number of piperidine rings is 1. The molecule has 29 heavy (non-hydrogen) atoms. The van der Waals surface area contributed by atoms with Crippen LogP contribution in [0, 0.1) is 5.41 Å². The van der Waals surface area contributed by atoms with Gasteiger partial charge in [0.25, 0.3) is 0 Å². The number of aromatic nitrogens is 1. The molecule has 1 N–H and O–H groups in total. The molecule has 0 aliphatic carbocycles. The summed E-state index contributed by atoms with van der Waals surface area (Å²) in [6, 6.07) is 1.89. The number of likely N-dealkylation sites (tertiary alicyclic amines) is 1. The van der Waals surface area contributed by atoms with E-state index in [4.69, 9.17) is 21.1 Å². The van der Waals surface area contributed by atoms with Crippen LogP contribution < -0.4 is 15.0 Å². The second kappa shape index (κ2) is 8.36. The van der Waals surface area contributed by atoms with Gasteiger partial charge in [-0.05, 0) is 32.1 Å². The highest BCUT2D eigenvalue weighted by Crippen LogP contribution is 2.43. The molecule has 0 bridgehead atoms. The van der Waals surface area contributed by atoms with E-state index in [1.54, 1.807) is 6.07 Å². The van der Waals surface area contributed by atoms with Gasteiger partial charge in [-0.1, -0.05) is 11.6 Å². The van der Waals surface area contributed by atoms with Crippen LogP contribution in [0.3, 0.4) is 0 Å². The molecule has 2 amide bonds. The predicted molar refractivity (Wildman–Crippen MR) is 108 cm³/mol. The Balaban J connectivity index is 1.48. The normalized spacial score (nSPS) is 25.5. The molecule has 0 radical (unpaired) electrons. The van der Waals surface area contributed by atoms with Crippen molar-refractivity contribution in [2.45, 2.75) is 38.1 Å². The minimum Gasteiger partial charge on any atom is -0.409 e. The average molecular weight is 423 g/mol. The van der Waals surface area contributed by atoms with Crippen molar-refractivity contribution in [3.63, 3.8) is 0 Å². The fourth-order valence-corrected chi connectivity index (χ4v) is 5.02. The van der Waals surface area contributed by atoms with Crippen LogP contribution in [-0.4, -0.2) is 67.8 Å². The monoisotopic (exact) mass is 422 g/mol. The van der Waals surface area contributed by atoms with Crippen LogP contribution in [0.5, 0.6) is 5.75 Å². The molecule has 1 aromatic heterocycles. The van der Waals surface area contributed by atoms with Crippen LogP contribution in [0.25, 0.3) is 0 Å². The van der Waals surface area contributed by atoms with Crippen molar-refractivity contribution in [1.29, 1.82) is 0 Å². The van der Waals surface area contributed by atoms with Gasteiger partial charge in [-0.2, -0.15) is 0 Å². The van der Waals surface area contributed by atoms with Crippen LogP contribution in [0.1, 0.15) is 32.1 Å². The summed E-state index contributed by atoms with van der Waals surface area (Å²) in [5, 5.41) is 2.80. The Hall–Kier alpha value is -2.06. The minimum absolute atomic E-state index is 0.268. The Kier molecular flexibility index (Phi) is 5.83. The number of hydrogen-bond acceptors (Lipinski definition) is 6. The molecule has 9 heteroatoms. The number of anilines is 1. The van der Waals surface area contributed by atoms with Crippen LogP contribution in [0.4, 0.5) is 10.6 Å². The lowest BCUT2D eigenvalue weighted by Crippen LogP contribution is -2.50. The number of nitrogens with zero attached hydrogens (tertiary/aromatic N) is 3. The lowest BCUT2D eigenvalue weighted by molar-refractivity contribution is -0.139. The maximum atomic E-state index is 13.4. The van der Waals surface area contributed by atoms with Gasteiger partial charge < -0.3 is 24.6 Å². The van der Waals surface area contributed by atoms with Gasteiger partial charge in [0.05, 0.1) is 16.6 Å². The first-order chi connectivity index (χ1) is 14.0. The fraction of sp³-hybridized carbons (Fsp3) is 0.650. The Labute approximate surface area is 175 Å². The molecule has 3 aliphatic rings. The molecule has 1 atom stereocenters. The van der Waals surface area contributed by atoms with Gasteiger partial charge in [0.2, 0.25) is 5.91 Å². The third kappa shape index (κ3) is 4.00. The second-order valence-corrected chi connectivity index (χ2v) is 8.42. The third-order valence-electron chi connectivity index (χ3n) is 6.27. The number of amides is 2. The molecule has 8 nitrogen and oxygen atoms in total. The summed E-state index contributed by atoms with van der Waals surface area (Å²) in [5.74, 6) is 1.18. The number of hydrogen-bond donors (Lipinski definition) is 1. The maximum Gasteiger partial charge on any atom is 0.412 e. The molecule has 0 aromatic carbocycles. The van der Waals surface area contributed by atoms with E-state index in [-0.39, 0.29) is 17.1 Å². The number of nitrogens with one attached hydrogen (secondary N) is 1. The largest absolute Gasteiger partial charge is 0.412 e. The molecule has 4 rings (SSSR count). The number of carbonyl (C=O) groups excluding carboxylic acids is 2. The molecule has 1 spiro atoms. The molecule has 3 aliphatic heterocycles. The molecule has 1 aromatic rings. The molecular weight excluding hydrogens is 396 g/mol. The van der Waals surface area contributed by atoms with Crippen LogP contribution >= 0.6 is 11.6 Å². The lowest BCUT2D eigenvalue weighted by Gasteiger charge is -2.41. The Morgan fingerprint density at radius 1 is 1.34 bits per heavy atom. The highest BCUT2D eigenvalue weighted by Gasteiger charge is 2.50. The number of ether oxygens (including phenoxy) is 2. The van der Waals surface area contributed by atoms with E-state index >= 15 is 0 Å². The van der Waals surface area contributed by atoms with E-state index in [0.717, 1.165) is 58.4 Å². The van der Waals surface area contributed by atoms with Gasteiger partial charge in [0.15, 0.2) is 5.75 Å². The summed E-state index contributed by atoms with van der Waals surface area (Å²) >= 11 is 6.45. The molecule has 3 fully saturated rings. The van der Waals surface area contributed by atoms with Crippen LogP contribution in [0.15, 0.2) is 12.3 Å². The molecule has 158 valence electrons. The summed E-state index contributed by atoms with van der Waals surface area (Å²) in [6.07, 6.45) is 5.45. The Morgan fingerprint density at radius 3 is 2.86 bits per heavy atom. The summed E-state index contributed by atoms with van der Waals surface area (Å²) in [5.41, 5.74) is -0.362. The van der Waals surface area contributed by atoms with Crippen molar-refractivity contribution in [1.82, 2.24) is 15.2 Å². The number of carbonyl (C=O) groups is 2. The van der Waals surface area contributed by atoms with Crippen LogP contribution in [-0.2, 0) is 9.53 Å². The fourth-order valence-electron chi connectivity index (χ4n) is 4.74. The first-order valence-electron chi connectivity index (χ1n) is 10.2. The first-order valence-corrected chi connectivity index (χ1v) is 10.6. The van der Waals surface area contributed by atoms with Gasteiger partial charge in [0, 0.05) is 52.0 Å². The van der Waals surface area contributed by atoms with Gasteiger partial charge >= 0.3 is 6.09 Å². The molecular formula is C20H27ClN4O4.